The first-order valence-electron chi connectivity index (χ1n) is 8.02. The van der Waals surface area contributed by atoms with Gasteiger partial charge in [-0.1, -0.05) is 11.6 Å². The topological polar surface area (TPSA) is 115 Å². The number of nitrogens with zero attached hydrogens (tertiary/aromatic N) is 5. The van der Waals surface area contributed by atoms with Crippen LogP contribution in [0, 0.1) is 11.6 Å². The van der Waals surface area contributed by atoms with E-state index in [0.29, 0.717) is 11.2 Å². The molecule has 0 saturated carbocycles. The minimum Gasteiger partial charge on any atom is -0.480 e. The number of nitrogens with two attached hydrogens (primary N) is 1. The zero-order valence-electron chi connectivity index (χ0n) is 14.3. The monoisotopic (exact) mass is 403 g/mol. The molecule has 0 unspecified atom stereocenters. The standard InChI is InChI=1S/C17H12ClF2N7O/c1-7(17-25-6-26-27-17)28-10-4-22-14(15-11(10)16(21)24-5-23-15)8-2-3-9(19)12(18)13(8)20/h2-7H,1H3,(H2,21,23,24)(H,25,26,27)/t7-/m0/s1. The van der Waals surface area contributed by atoms with Gasteiger partial charge in [-0.05, 0) is 19.1 Å². The molecule has 3 N–H and O–H groups in total. The fourth-order valence-corrected chi connectivity index (χ4v) is 2.89. The van der Waals surface area contributed by atoms with E-state index < -0.39 is 22.8 Å². The predicted octanol–water partition coefficient (Wildman–Crippen LogP) is 3.46. The summed E-state index contributed by atoms with van der Waals surface area (Å²) in [5, 5.41) is 6.19. The maximum absolute atomic E-state index is 14.5. The highest BCUT2D eigenvalue weighted by atomic mass is 35.5. The Morgan fingerprint density at radius 3 is 2.71 bits per heavy atom. The average Bonchev–Trinajstić information content (AvgIpc) is 3.22. The van der Waals surface area contributed by atoms with Gasteiger partial charge in [-0.15, -0.1) is 0 Å². The van der Waals surface area contributed by atoms with E-state index in [1.165, 1.54) is 24.9 Å². The number of H-pyrrole nitrogens is 1. The van der Waals surface area contributed by atoms with Crippen molar-refractivity contribution < 1.29 is 13.5 Å². The number of fused-ring (bicyclic) bond motifs is 1. The molecule has 0 amide bonds. The number of hydrogen-bond donors (Lipinski definition) is 2. The molecule has 1 aromatic carbocycles. The largest absolute Gasteiger partial charge is 0.480 e. The lowest BCUT2D eigenvalue weighted by molar-refractivity contribution is 0.219. The van der Waals surface area contributed by atoms with Gasteiger partial charge in [0.05, 0.1) is 17.3 Å². The summed E-state index contributed by atoms with van der Waals surface area (Å²) in [4.78, 5) is 16.4. The third-order valence-corrected chi connectivity index (χ3v) is 4.42. The van der Waals surface area contributed by atoms with Crippen LogP contribution in [0.4, 0.5) is 14.6 Å². The van der Waals surface area contributed by atoms with Gasteiger partial charge in [0, 0.05) is 5.56 Å². The molecule has 1 atom stereocenters. The van der Waals surface area contributed by atoms with Crippen LogP contribution in [0.1, 0.15) is 18.9 Å². The molecule has 0 saturated heterocycles. The summed E-state index contributed by atoms with van der Waals surface area (Å²) in [6, 6.07) is 2.28. The number of pyridine rings is 1. The molecule has 28 heavy (non-hydrogen) atoms. The zero-order valence-corrected chi connectivity index (χ0v) is 15.1. The van der Waals surface area contributed by atoms with Crippen LogP contribution in [0.15, 0.2) is 31.0 Å². The number of ether oxygens (including phenoxy) is 1. The normalized spacial score (nSPS) is 12.3. The molecule has 8 nitrogen and oxygen atoms in total. The van der Waals surface area contributed by atoms with Gasteiger partial charge >= 0.3 is 0 Å². The van der Waals surface area contributed by atoms with Gasteiger partial charge in [-0.2, -0.15) is 5.10 Å². The van der Waals surface area contributed by atoms with Gasteiger partial charge in [0.15, 0.2) is 23.5 Å². The van der Waals surface area contributed by atoms with Crippen LogP contribution >= 0.6 is 11.6 Å². The van der Waals surface area contributed by atoms with Crippen molar-refractivity contribution in [2.75, 3.05) is 5.73 Å². The van der Waals surface area contributed by atoms with Crippen molar-refractivity contribution in [1.29, 1.82) is 0 Å². The first-order valence-corrected chi connectivity index (χ1v) is 8.40. The number of halogens is 3. The number of rotatable bonds is 4. The van der Waals surface area contributed by atoms with Crippen molar-refractivity contribution in [2.45, 2.75) is 13.0 Å². The Morgan fingerprint density at radius 1 is 1.14 bits per heavy atom. The quantitative estimate of drug-likeness (QED) is 0.501. The molecule has 4 aromatic rings. The third kappa shape index (κ3) is 2.97. The predicted molar refractivity (Wildman–Crippen MR) is 97.5 cm³/mol. The second-order valence-electron chi connectivity index (χ2n) is 5.81. The number of hydrogen-bond acceptors (Lipinski definition) is 7. The van der Waals surface area contributed by atoms with E-state index in [1.54, 1.807) is 6.92 Å². The molecule has 0 spiro atoms. The molecule has 0 fully saturated rings. The van der Waals surface area contributed by atoms with Crippen LogP contribution in [-0.4, -0.2) is 30.1 Å². The number of aromatic amines is 1. The van der Waals surface area contributed by atoms with E-state index in [1.807, 2.05) is 0 Å². The molecule has 0 radical (unpaired) electrons. The Bertz CT molecular complexity index is 1170. The van der Waals surface area contributed by atoms with Crippen molar-refractivity contribution in [2.24, 2.45) is 0 Å². The molecule has 3 heterocycles. The van der Waals surface area contributed by atoms with Gasteiger partial charge in [0.1, 0.15) is 34.8 Å². The van der Waals surface area contributed by atoms with Gasteiger partial charge in [-0.25, -0.2) is 28.7 Å². The van der Waals surface area contributed by atoms with Crippen LogP contribution in [0.3, 0.4) is 0 Å². The smallest absolute Gasteiger partial charge is 0.165 e. The van der Waals surface area contributed by atoms with Crippen LogP contribution in [-0.2, 0) is 0 Å². The fraction of sp³-hybridized carbons (Fsp3) is 0.118. The van der Waals surface area contributed by atoms with E-state index >= 15 is 0 Å². The van der Waals surface area contributed by atoms with Crippen LogP contribution in [0.2, 0.25) is 5.02 Å². The fourth-order valence-electron chi connectivity index (χ4n) is 2.72. The summed E-state index contributed by atoms with van der Waals surface area (Å²) < 4.78 is 33.9. The highest BCUT2D eigenvalue weighted by molar-refractivity contribution is 6.31. The van der Waals surface area contributed by atoms with Crippen LogP contribution in [0.25, 0.3) is 22.2 Å². The maximum Gasteiger partial charge on any atom is 0.165 e. The Morgan fingerprint density at radius 2 is 1.96 bits per heavy atom. The third-order valence-electron chi connectivity index (χ3n) is 4.07. The molecular weight excluding hydrogens is 392 g/mol. The first-order chi connectivity index (χ1) is 13.5. The summed E-state index contributed by atoms with van der Waals surface area (Å²) in [5.41, 5.74) is 6.35. The van der Waals surface area contributed by atoms with Crippen molar-refractivity contribution in [1.82, 2.24) is 30.1 Å². The highest BCUT2D eigenvalue weighted by Crippen LogP contribution is 2.37. The van der Waals surface area contributed by atoms with Crippen LogP contribution < -0.4 is 10.5 Å². The Hall–Kier alpha value is -3.40. The first kappa shape index (κ1) is 18.0. The summed E-state index contributed by atoms with van der Waals surface area (Å²) in [7, 11) is 0. The van der Waals surface area contributed by atoms with E-state index in [2.05, 4.69) is 30.1 Å². The molecule has 11 heteroatoms. The van der Waals surface area contributed by atoms with E-state index in [0.717, 1.165) is 6.07 Å². The minimum absolute atomic E-state index is 0.0238. The Balaban J connectivity index is 1.88. The van der Waals surface area contributed by atoms with Crippen LogP contribution in [0.5, 0.6) is 5.75 Å². The number of benzene rings is 1. The van der Waals surface area contributed by atoms with E-state index in [9.17, 15) is 8.78 Å². The second-order valence-corrected chi connectivity index (χ2v) is 6.19. The highest BCUT2D eigenvalue weighted by Gasteiger charge is 2.21. The molecule has 0 aliphatic carbocycles. The van der Waals surface area contributed by atoms with Gasteiger partial charge in [-0.3, -0.25) is 5.10 Å². The SMILES string of the molecule is C[C@H](Oc1cnc(-c2ccc(F)c(Cl)c2F)c2ncnc(N)c12)c1ncn[nH]1. The maximum atomic E-state index is 14.5. The second kappa shape index (κ2) is 6.97. The molecule has 0 aliphatic heterocycles. The molecule has 0 aliphatic rings. The molecule has 3 aromatic heterocycles. The summed E-state index contributed by atoms with van der Waals surface area (Å²) in [6.07, 6.45) is 3.43. The van der Waals surface area contributed by atoms with Crippen molar-refractivity contribution in [3.05, 3.63) is 53.5 Å². The van der Waals surface area contributed by atoms with Gasteiger partial charge < -0.3 is 10.5 Å². The molecule has 0 bridgehead atoms. The molecule has 142 valence electrons. The average molecular weight is 404 g/mol. The number of nitrogens with one attached hydrogen (secondary N) is 1. The summed E-state index contributed by atoms with van der Waals surface area (Å²) in [5.74, 6) is -0.945. The van der Waals surface area contributed by atoms with Crippen molar-refractivity contribution in [3.8, 4) is 17.0 Å². The number of nitrogen functional groups attached to an aromatic ring is 1. The lowest BCUT2D eigenvalue weighted by atomic mass is 10.1. The van der Waals surface area contributed by atoms with Crippen molar-refractivity contribution >= 4 is 28.3 Å². The van der Waals surface area contributed by atoms with E-state index in [-0.39, 0.29) is 28.3 Å². The summed E-state index contributed by atoms with van der Waals surface area (Å²) in [6.45, 7) is 1.75. The van der Waals surface area contributed by atoms with Gasteiger partial charge in [0.2, 0.25) is 0 Å². The minimum atomic E-state index is -0.948. The zero-order chi connectivity index (χ0) is 19.8. The lowest BCUT2D eigenvalue weighted by Gasteiger charge is -2.16. The number of anilines is 1. The molecular formula is C17H12ClF2N7O. The Labute approximate surface area is 161 Å². The lowest BCUT2D eigenvalue weighted by Crippen LogP contribution is -2.08. The number of aromatic nitrogens is 6. The molecule has 4 rings (SSSR count). The van der Waals surface area contributed by atoms with Crippen molar-refractivity contribution in [3.63, 3.8) is 0 Å². The van der Waals surface area contributed by atoms with Gasteiger partial charge in [0.25, 0.3) is 0 Å². The Kier molecular flexibility index (Phi) is 4.47. The van der Waals surface area contributed by atoms with E-state index in [4.69, 9.17) is 22.1 Å². The summed E-state index contributed by atoms with van der Waals surface area (Å²) >= 11 is 5.70.